The van der Waals surface area contributed by atoms with Crippen molar-refractivity contribution in [2.24, 2.45) is 0 Å². The summed E-state index contributed by atoms with van der Waals surface area (Å²) >= 11 is 0. The van der Waals surface area contributed by atoms with Crippen molar-refractivity contribution in [3.63, 3.8) is 0 Å². The van der Waals surface area contributed by atoms with E-state index in [1.165, 1.54) is 11.1 Å². The first-order valence-corrected chi connectivity index (χ1v) is 9.02. The summed E-state index contributed by atoms with van der Waals surface area (Å²) in [6.45, 7) is 3.75. The fourth-order valence-electron chi connectivity index (χ4n) is 3.13. The van der Waals surface area contributed by atoms with E-state index in [0.717, 1.165) is 37.1 Å². The minimum absolute atomic E-state index is 0.118. The smallest absolute Gasteiger partial charge is 0.220 e. The molecule has 0 aliphatic heterocycles. The first kappa shape index (κ1) is 17.2. The maximum absolute atomic E-state index is 12.0. The highest BCUT2D eigenvalue weighted by Gasteiger charge is 2.09. The molecule has 0 aliphatic carbocycles. The molecule has 4 nitrogen and oxygen atoms in total. The van der Waals surface area contributed by atoms with Crippen LogP contribution in [0.3, 0.4) is 0 Å². The number of rotatable bonds is 8. The summed E-state index contributed by atoms with van der Waals surface area (Å²) in [7, 11) is 0. The van der Waals surface area contributed by atoms with Gasteiger partial charge < -0.3 is 9.88 Å². The second-order valence-corrected chi connectivity index (χ2v) is 6.20. The summed E-state index contributed by atoms with van der Waals surface area (Å²) in [4.78, 5) is 16.7. The maximum Gasteiger partial charge on any atom is 0.220 e. The van der Waals surface area contributed by atoms with Crippen LogP contribution in [0.4, 0.5) is 0 Å². The molecule has 0 aliphatic rings. The van der Waals surface area contributed by atoms with Gasteiger partial charge in [-0.3, -0.25) is 4.79 Å². The zero-order valence-electron chi connectivity index (χ0n) is 14.7. The van der Waals surface area contributed by atoms with E-state index in [9.17, 15) is 4.79 Å². The van der Waals surface area contributed by atoms with Crippen LogP contribution in [0.1, 0.15) is 31.2 Å². The second kappa shape index (κ2) is 8.47. The summed E-state index contributed by atoms with van der Waals surface area (Å²) in [5.74, 6) is 1.22. The molecule has 1 heterocycles. The van der Waals surface area contributed by atoms with Gasteiger partial charge in [-0.25, -0.2) is 4.98 Å². The van der Waals surface area contributed by atoms with Crippen LogP contribution < -0.4 is 5.32 Å². The van der Waals surface area contributed by atoms with E-state index in [4.69, 9.17) is 4.98 Å². The number of hydrogen-bond acceptors (Lipinski definition) is 2. The molecule has 0 fully saturated rings. The highest BCUT2D eigenvalue weighted by molar-refractivity contribution is 5.76. The number of fused-ring (bicyclic) bond motifs is 1. The number of amides is 1. The van der Waals surface area contributed by atoms with Crippen molar-refractivity contribution in [2.45, 2.75) is 39.2 Å². The normalized spacial score (nSPS) is 10.9. The molecular weight excluding hydrogens is 310 g/mol. The quantitative estimate of drug-likeness (QED) is 0.638. The molecule has 0 spiro atoms. The topological polar surface area (TPSA) is 46.9 Å². The van der Waals surface area contributed by atoms with E-state index in [1.54, 1.807) is 0 Å². The molecular formula is C21H25N3O. The fourth-order valence-corrected chi connectivity index (χ4v) is 3.13. The van der Waals surface area contributed by atoms with E-state index in [-0.39, 0.29) is 5.91 Å². The van der Waals surface area contributed by atoms with E-state index >= 15 is 0 Å². The lowest BCUT2D eigenvalue weighted by molar-refractivity contribution is -0.121. The lowest BCUT2D eigenvalue weighted by atomic mass is 10.1. The van der Waals surface area contributed by atoms with Gasteiger partial charge in [0.2, 0.25) is 5.91 Å². The Balaban J connectivity index is 1.44. The highest BCUT2D eigenvalue weighted by Crippen LogP contribution is 2.16. The van der Waals surface area contributed by atoms with Crippen molar-refractivity contribution in [1.82, 2.24) is 14.9 Å². The largest absolute Gasteiger partial charge is 0.356 e. The third-order valence-electron chi connectivity index (χ3n) is 4.43. The number of carbonyl (C=O) groups excluding carboxylic acids is 1. The van der Waals surface area contributed by atoms with Gasteiger partial charge in [0.25, 0.3) is 0 Å². The summed E-state index contributed by atoms with van der Waals surface area (Å²) in [5.41, 5.74) is 3.44. The molecule has 3 aromatic rings. The van der Waals surface area contributed by atoms with Crippen molar-refractivity contribution in [1.29, 1.82) is 0 Å². The minimum Gasteiger partial charge on any atom is -0.356 e. The fraction of sp³-hybridized carbons (Fsp3) is 0.333. The Kier molecular flexibility index (Phi) is 5.83. The first-order valence-electron chi connectivity index (χ1n) is 9.02. The summed E-state index contributed by atoms with van der Waals surface area (Å²) < 4.78 is 2.26. The molecule has 0 saturated heterocycles. The van der Waals surface area contributed by atoms with Gasteiger partial charge in [0.15, 0.2) is 0 Å². The van der Waals surface area contributed by atoms with Gasteiger partial charge in [0, 0.05) is 25.9 Å². The van der Waals surface area contributed by atoms with Crippen molar-refractivity contribution < 1.29 is 4.79 Å². The lowest BCUT2D eigenvalue weighted by Crippen LogP contribution is -2.25. The molecule has 1 aromatic heterocycles. The first-order chi connectivity index (χ1) is 12.3. The summed E-state index contributed by atoms with van der Waals surface area (Å²) in [5, 5.41) is 3.02. The van der Waals surface area contributed by atoms with E-state index < -0.39 is 0 Å². The lowest BCUT2D eigenvalue weighted by Gasteiger charge is -2.07. The van der Waals surface area contributed by atoms with Gasteiger partial charge in [-0.1, -0.05) is 42.5 Å². The molecule has 0 unspecified atom stereocenters. The number of aryl methyl sites for hydroxylation is 3. The van der Waals surface area contributed by atoms with Crippen LogP contribution in [-0.4, -0.2) is 22.0 Å². The zero-order chi connectivity index (χ0) is 17.5. The Morgan fingerprint density at radius 1 is 1.04 bits per heavy atom. The van der Waals surface area contributed by atoms with Crippen LogP contribution in [0.15, 0.2) is 54.6 Å². The highest BCUT2D eigenvalue weighted by atomic mass is 16.1. The summed E-state index contributed by atoms with van der Waals surface area (Å²) in [6.07, 6.45) is 3.11. The molecule has 2 aromatic carbocycles. The van der Waals surface area contributed by atoms with Gasteiger partial charge in [-0.15, -0.1) is 0 Å². The van der Waals surface area contributed by atoms with E-state index in [2.05, 4.69) is 41.1 Å². The number of imidazole rings is 1. The van der Waals surface area contributed by atoms with Gasteiger partial charge in [-0.2, -0.15) is 0 Å². The molecule has 1 amide bonds. The van der Waals surface area contributed by atoms with Crippen molar-refractivity contribution >= 4 is 16.9 Å². The van der Waals surface area contributed by atoms with Gasteiger partial charge in [0.05, 0.1) is 11.0 Å². The standard InChI is InChI=1S/C21H25N3O/c1-2-24-19-12-7-6-11-18(19)23-20(24)13-8-16-22-21(25)15-14-17-9-4-3-5-10-17/h3-7,9-12H,2,8,13-16H2,1H3,(H,22,25). The third kappa shape index (κ3) is 4.47. The Morgan fingerprint density at radius 3 is 2.60 bits per heavy atom. The van der Waals surface area contributed by atoms with Gasteiger partial charge in [-0.05, 0) is 37.5 Å². The van der Waals surface area contributed by atoms with Crippen LogP contribution in [0.25, 0.3) is 11.0 Å². The van der Waals surface area contributed by atoms with Crippen LogP contribution >= 0.6 is 0 Å². The Morgan fingerprint density at radius 2 is 1.80 bits per heavy atom. The number of para-hydroxylation sites is 2. The molecule has 3 rings (SSSR count). The van der Waals surface area contributed by atoms with Crippen LogP contribution in [0, 0.1) is 0 Å². The van der Waals surface area contributed by atoms with Gasteiger partial charge in [0.1, 0.15) is 5.82 Å². The van der Waals surface area contributed by atoms with E-state index in [1.807, 2.05) is 30.3 Å². The minimum atomic E-state index is 0.118. The molecule has 0 saturated carbocycles. The second-order valence-electron chi connectivity index (χ2n) is 6.20. The molecule has 0 atom stereocenters. The molecule has 1 N–H and O–H groups in total. The van der Waals surface area contributed by atoms with Crippen molar-refractivity contribution in [2.75, 3.05) is 6.54 Å². The van der Waals surface area contributed by atoms with Crippen LogP contribution in [0.5, 0.6) is 0 Å². The SMILES string of the molecule is CCn1c(CCCNC(=O)CCc2ccccc2)nc2ccccc21. The van der Waals surface area contributed by atoms with Crippen molar-refractivity contribution in [3.05, 3.63) is 66.0 Å². The summed E-state index contributed by atoms with van der Waals surface area (Å²) in [6, 6.07) is 18.4. The zero-order valence-corrected chi connectivity index (χ0v) is 14.7. The number of benzene rings is 2. The molecule has 4 heteroatoms. The van der Waals surface area contributed by atoms with E-state index in [0.29, 0.717) is 13.0 Å². The molecule has 0 bridgehead atoms. The number of aromatic nitrogens is 2. The molecule has 0 radical (unpaired) electrons. The maximum atomic E-state index is 12.0. The van der Waals surface area contributed by atoms with Crippen LogP contribution in [0.2, 0.25) is 0 Å². The average molecular weight is 335 g/mol. The Hall–Kier alpha value is -2.62. The number of carbonyl (C=O) groups is 1. The predicted octanol–water partition coefficient (Wildman–Crippen LogP) is 3.74. The molecule has 25 heavy (non-hydrogen) atoms. The number of nitrogens with zero attached hydrogens (tertiary/aromatic N) is 2. The molecule has 130 valence electrons. The van der Waals surface area contributed by atoms with Crippen LogP contribution in [-0.2, 0) is 24.2 Å². The number of hydrogen-bond donors (Lipinski definition) is 1. The average Bonchev–Trinajstić information content (AvgIpc) is 3.02. The predicted molar refractivity (Wildman–Crippen MR) is 102 cm³/mol. The van der Waals surface area contributed by atoms with Crippen molar-refractivity contribution in [3.8, 4) is 0 Å². The Bertz CT molecular complexity index is 824. The van der Waals surface area contributed by atoms with Gasteiger partial charge >= 0.3 is 0 Å². The monoisotopic (exact) mass is 335 g/mol. The third-order valence-corrected chi connectivity index (χ3v) is 4.43. The Labute approximate surface area is 148 Å². The number of nitrogens with one attached hydrogen (secondary N) is 1.